The molecule has 0 aliphatic rings. The van der Waals surface area contributed by atoms with E-state index >= 15 is 0 Å². The largest absolute Gasteiger partial charge is 0.416 e. The fourth-order valence-electron chi connectivity index (χ4n) is 7.45. The van der Waals surface area contributed by atoms with Crippen LogP contribution in [-0.2, 0) is 56.0 Å². The molecule has 1 aromatic heterocycles. The summed E-state index contributed by atoms with van der Waals surface area (Å²) in [5.41, 5.74) is -28.6. The number of benzene rings is 5. The number of hydrogen-bond acceptors (Lipinski definition) is 2. The lowest BCUT2D eigenvalue weighted by molar-refractivity contribution is -0.689. The Kier molecular flexibility index (Phi) is 15.0. The van der Waals surface area contributed by atoms with Crippen molar-refractivity contribution in [1.82, 2.24) is 4.98 Å². The lowest BCUT2D eigenvalue weighted by atomic mass is 9.12. The molecule has 0 spiro atoms. The molecule has 72 heavy (non-hydrogen) atoms. The Morgan fingerprint density at radius 3 is 0.861 bits per heavy atom. The van der Waals surface area contributed by atoms with Gasteiger partial charge in [0.2, 0.25) is 11.9 Å². The molecule has 0 atom stereocenters. The van der Waals surface area contributed by atoms with E-state index in [1.807, 2.05) is 35.0 Å². The maximum atomic E-state index is 14.2. The Hall–Kier alpha value is -6.95. The Bertz CT molecular complexity index is 2520. The van der Waals surface area contributed by atoms with Crippen LogP contribution < -0.4 is 26.4 Å². The number of alkyl halides is 24. The maximum Gasteiger partial charge on any atom is 0.416 e. The first kappa shape index (κ1) is 56.0. The highest BCUT2D eigenvalue weighted by Gasteiger charge is 2.47. The van der Waals surface area contributed by atoms with Crippen LogP contribution in [0, 0.1) is 11.3 Å². The quantitative estimate of drug-likeness (QED) is 0.0947. The van der Waals surface area contributed by atoms with E-state index in [0.717, 1.165) is 6.54 Å². The van der Waals surface area contributed by atoms with E-state index in [1.54, 1.807) is 12.4 Å². The summed E-state index contributed by atoms with van der Waals surface area (Å²) in [6.07, 6.45) is -49.6. The molecule has 28 heteroatoms. The van der Waals surface area contributed by atoms with Crippen molar-refractivity contribution in [1.29, 1.82) is 5.26 Å². The van der Waals surface area contributed by atoms with Gasteiger partial charge >= 0.3 is 49.4 Å². The van der Waals surface area contributed by atoms with Crippen molar-refractivity contribution < 1.29 is 110 Å². The molecule has 0 N–H and O–H groups in total. The van der Waals surface area contributed by atoms with Gasteiger partial charge in [-0.1, -0.05) is 78.9 Å². The van der Waals surface area contributed by atoms with Crippen LogP contribution in [0.3, 0.4) is 0 Å². The minimum absolute atomic E-state index is 0.438. The second kappa shape index (κ2) is 19.2. The van der Waals surface area contributed by atoms with Gasteiger partial charge in [0.05, 0.1) is 50.7 Å². The van der Waals surface area contributed by atoms with Crippen LogP contribution in [0.2, 0.25) is 0 Å². The van der Waals surface area contributed by atoms with Gasteiger partial charge in [-0.3, -0.25) is 0 Å². The van der Waals surface area contributed by atoms with Gasteiger partial charge in [0.15, 0.2) is 12.7 Å². The monoisotopic (exact) mass is 1060 g/mol. The second-order valence-corrected chi connectivity index (χ2v) is 15.4. The SMILES string of the molecule is FC(F)(F)c1cc([B-](c2cc(C(F)(F)F)cc(C(F)(F)F)c2)(c2cc(C(F)(F)F)cc(C(F)(F)F)c2)c2cc(C(F)(F)F)cc(C(F)(F)F)c2)cc(C(F)(F)F)c1.N#Cc1c[n+](Cc2ccccc2)ccn1. The van der Waals surface area contributed by atoms with E-state index in [-0.39, 0.29) is 0 Å². The van der Waals surface area contributed by atoms with Gasteiger partial charge in [0.1, 0.15) is 12.2 Å². The van der Waals surface area contributed by atoms with Crippen molar-refractivity contribution in [3.05, 3.63) is 177 Å². The molecule has 1 heterocycles. The highest BCUT2D eigenvalue weighted by molar-refractivity contribution is 7.20. The van der Waals surface area contributed by atoms with Crippen LogP contribution in [-0.4, -0.2) is 11.1 Å². The van der Waals surface area contributed by atoms with Gasteiger partial charge < -0.3 is 0 Å². The number of hydrogen-bond donors (Lipinski definition) is 0. The molecule has 0 bridgehead atoms. The number of nitrogens with zero attached hydrogens (tertiary/aromatic N) is 3. The molecule has 0 saturated carbocycles. The summed E-state index contributed by atoms with van der Waals surface area (Å²) in [5, 5.41) is 8.70. The summed E-state index contributed by atoms with van der Waals surface area (Å²) in [5.74, 6) is 0. The molecular weight excluding hydrogens is 1040 g/mol. The predicted octanol–water partition coefficient (Wildman–Crippen LogP) is 12.5. The first-order valence-corrected chi connectivity index (χ1v) is 19.3. The number of halogens is 24. The fourth-order valence-corrected chi connectivity index (χ4v) is 7.45. The fraction of sp³-hybridized carbons (Fsp3) is 0.205. The van der Waals surface area contributed by atoms with Crippen LogP contribution in [0.25, 0.3) is 0 Å². The summed E-state index contributed by atoms with van der Waals surface area (Å²) in [4.78, 5) is 3.92. The van der Waals surface area contributed by atoms with Crippen molar-refractivity contribution >= 4 is 28.0 Å². The van der Waals surface area contributed by atoms with E-state index < -0.39 is 195 Å². The van der Waals surface area contributed by atoms with Gasteiger partial charge in [-0.25, -0.2) is 4.98 Å². The number of rotatable bonds is 6. The molecule has 0 radical (unpaired) electrons. The lowest BCUT2D eigenvalue weighted by Crippen LogP contribution is -2.75. The van der Waals surface area contributed by atoms with E-state index in [2.05, 4.69) is 17.1 Å². The van der Waals surface area contributed by atoms with Gasteiger partial charge in [0.25, 0.3) is 0 Å². The molecule has 0 unspecified atom stereocenters. The van der Waals surface area contributed by atoms with E-state index in [4.69, 9.17) is 5.26 Å². The standard InChI is InChI=1S/C32H12BF24.C12H10N3/c34-25(35,36)13-1-14(26(37,38)39)6-21(5-13)33(22-7-15(27(40,41)42)2-16(8-22)28(43,44)45,23-9-17(29(46,47)48)3-18(10-23)30(49,50)51)24-11-19(31(52,53)54)4-20(12-24)32(55,56)57;13-8-12-10-15(7-6-14-12)9-11-4-2-1-3-5-11/h1-12H;1-7,10H,9H2/q-1;+1. The Balaban J connectivity index is 0.000000542. The zero-order valence-corrected chi connectivity index (χ0v) is 34.7. The van der Waals surface area contributed by atoms with Crippen LogP contribution in [0.5, 0.6) is 0 Å². The Labute approximate surface area is 387 Å². The third kappa shape index (κ3) is 12.9. The van der Waals surface area contributed by atoms with E-state index in [1.165, 1.54) is 5.56 Å². The molecule has 0 aliphatic heterocycles. The molecule has 3 nitrogen and oxygen atoms in total. The first-order valence-electron chi connectivity index (χ1n) is 19.3. The zero-order chi connectivity index (χ0) is 54.4. The van der Waals surface area contributed by atoms with Crippen LogP contribution in [0.15, 0.2) is 122 Å². The molecular formula is C44H22BF24N3. The Morgan fingerprint density at radius 1 is 0.389 bits per heavy atom. The van der Waals surface area contributed by atoms with E-state index in [9.17, 15) is 105 Å². The van der Waals surface area contributed by atoms with Crippen LogP contribution in [0.1, 0.15) is 55.8 Å². The minimum Gasteiger partial charge on any atom is -0.234 e. The van der Waals surface area contributed by atoms with Crippen molar-refractivity contribution in [2.45, 2.75) is 56.0 Å². The van der Waals surface area contributed by atoms with Gasteiger partial charge in [-0.15, -0.1) is 0 Å². The summed E-state index contributed by atoms with van der Waals surface area (Å²) in [6.45, 7) is 0.762. The van der Waals surface area contributed by atoms with Gasteiger partial charge in [-0.2, -0.15) is 137 Å². The molecule has 6 aromatic rings. The summed E-state index contributed by atoms with van der Waals surface area (Å²) in [7, 11) is 0. The molecule has 0 saturated heterocycles. The smallest absolute Gasteiger partial charge is 0.234 e. The third-order valence-corrected chi connectivity index (χ3v) is 10.5. The van der Waals surface area contributed by atoms with Crippen molar-refractivity contribution in [2.75, 3.05) is 0 Å². The highest BCUT2D eigenvalue weighted by Crippen LogP contribution is 2.41. The highest BCUT2D eigenvalue weighted by atomic mass is 19.4. The maximum absolute atomic E-state index is 14.2. The second-order valence-electron chi connectivity index (χ2n) is 15.4. The minimum atomic E-state index is -6.13. The van der Waals surface area contributed by atoms with Crippen molar-refractivity contribution in [3.8, 4) is 6.07 Å². The molecule has 0 amide bonds. The summed E-state index contributed by atoms with van der Waals surface area (Å²) >= 11 is 0. The average Bonchev–Trinajstić information content (AvgIpc) is 3.24. The number of nitriles is 1. The molecule has 0 aliphatic carbocycles. The van der Waals surface area contributed by atoms with E-state index in [0.29, 0.717) is 5.69 Å². The predicted molar refractivity (Wildman–Crippen MR) is 205 cm³/mol. The first-order chi connectivity index (χ1) is 32.6. The molecule has 384 valence electrons. The molecule has 6 rings (SSSR count). The van der Waals surface area contributed by atoms with Crippen molar-refractivity contribution in [3.63, 3.8) is 0 Å². The van der Waals surface area contributed by atoms with Gasteiger partial charge in [0, 0.05) is 5.56 Å². The lowest BCUT2D eigenvalue weighted by Gasteiger charge is -2.46. The average molecular weight is 1060 g/mol. The molecule has 0 fully saturated rings. The van der Waals surface area contributed by atoms with Crippen molar-refractivity contribution in [2.24, 2.45) is 0 Å². The normalized spacial score (nSPS) is 13.3. The topological polar surface area (TPSA) is 40.6 Å². The van der Waals surface area contributed by atoms with Gasteiger partial charge in [-0.05, 0) is 24.3 Å². The number of aromatic nitrogens is 2. The zero-order valence-electron chi connectivity index (χ0n) is 34.7. The van der Waals surface area contributed by atoms with Crippen LogP contribution in [0.4, 0.5) is 105 Å². The molecule has 5 aromatic carbocycles. The summed E-state index contributed by atoms with van der Waals surface area (Å²) < 4.78 is 343. The van der Waals surface area contributed by atoms with Crippen LogP contribution >= 0.6 is 0 Å². The third-order valence-electron chi connectivity index (χ3n) is 10.5. The Morgan fingerprint density at radius 2 is 0.639 bits per heavy atom. The summed E-state index contributed by atoms with van der Waals surface area (Å²) in [6, 6.07) is 3.31.